The molecule has 0 bridgehead atoms. The lowest BCUT2D eigenvalue weighted by molar-refractivity contribution is 0.346. The van der Waals surface area contributed by atoms with Crippen LogP contribution in [0, 0.1) is 5.92 Å². The third-order valence-corrected chi connectivity index (χ3v) is 3.10. The predicted octanol–water partition coefficient (Wildman–Crippen LogP) is 0.570. The molecule has 88 valence electrons. The Bertz CT molecular complexity index is 384. The van der Waals surface area contributed by atoms with E-state index in [1.54, 1.807) is 0 Å². The fourth-order valence-corrected chi connectivity index (χ4v) is 2.10. The Morgan fingerprint density at radius 3 is 3.19 bits per heavy atom. The SMILES string of the molecule is CC(Nc1cc(=O)[nH]cn1)C1CCCNC1. The molecule has 2 heterocycles. The second-order valence-corrected chi connectivity index (χ2v) is 4.34. The van der Waals surface area contributed by atoms with Crippen LogP contribution in [0.2, 0.25) is 0 Å². The fourth-order valence-electron chi connectivity index (χ4n) is 2.10. The molecular formula is C11H18N4O. The Hall–Kier alpha value is -1.36. The highest BCUT2D eigenvalue weighted by Crippen LogP contribution is 2.16. The zero-order valence-electron chi connectivity index (χ0n) is 9.49. The van der Waals surface area contributed by atoms with Crippen molar-refractivity contribution in [3.05, 3.63) is 22.7 Å². The number of aromatic amines is 1. The molecule has 1 aliphatic heterocycles. The maximum atomic E-state index is 11.1. The van der Waals surface area contributed by atoms with Crippen LogP contribution in [0.25, 0.3) is 0 Å². The summed E-state index contributed by atoms with van der Waals surface area (Å²) in [6.45, 7) is 4.30. The minimum atomic E-state index is -0.119. The Morgan fingerprint density at radius 1 is 1.62 bits per heavy atom. The van der Waals surface area contributed by atoms with Crippen molar-refractivity contribution in [1.82, 2.24) is 15.3 Å². The topological polar surface area (TPSA) is 69.8 Å². The van der Waals surface area contributed by atoms with Gasteiger partial charge in [0.15, 0.2) is 0 Å². The monoisotopic (exact) mass is 222 g/mol. The Kier molecular flexibility index (Phi) is 3.56. The first-order valence-electron chi connectivity index (χ1n) is 5.77. The molecule has 0 aromatic carbocycles. The van der Waals surface area contributed by atoms with Gasteiger partial charge >= 0.3 is 0 Å². The molecule has 1 fully saturated rings. The molecule has 1 aliphatic rings. The van der Waals surface area contributed by atoms with Gasteiger partial charge in [-0.15, -0.1) is 0 Å². The molecule has 2 atom stereocenters. The summed E-state index contributed by atoms with van der Waals surface area (Å²) in [5.41, 5.74) is -0.119. The number of nitrogens with one attached hydrogen (secondary N) is 3. The van der Waals surface area contributed by atoms with Gasteiger partial charge in [0.05, 0.1) is 6.33 Å². The predicted molar refractivity (Wildman–Crippen MR) is 63.5 cm³/mol. The lowest BCUT2D eigenvalue weighted by Gasteiger charge is -2.29. The summed E-state index contributed by atoms with van der Waals surface area (Å²) in [7, 11) is 0. The van der Waals surface area contributed by atoms with Crippen molar-refractivity contribution in [3.63, 3.8) is 0 Å². The van der Waals surface area contributed by atoms with Gasteiger partial charge in [-0.3, -0.25) is 4.79 Å². The maximum Gasteiger partial charge on any atom is 0.252 e. The first-order chi connectivity index (χ1) is 7.75. The molecule has 5 heteroatoms. The molecule has 16 heavy (non-hydrogen) atoms. The van der Waals surface area contributed by atoms with Crippen molar-refractivity contribution in [3.8, 4) is 0 Å². The quantitative estimate of drug-likeness (QED) is 0.699. The van der Waals surface area contributed by atoms with Crippen LogP contribution in [-0.4, -0.2) is 29.1 Å². The van der Waals surface area contributed by atoms with Crippen LogP contribution >= 0.6 is 0 Å². The van der Waals surface area contributed by atoms with Gasteiger partial charge in [-0.05, 0) is 38.8 Å². The minimum absolute atomic E-state index is 0.119. The van der Waals surface area contributed by atoms with Crippen LogP contribution in [0.3, 0.4) is 0 Å². The second-order valence-electron chi connectivity index (χ2n) is 4.34. The largest absolute Gasteiger partial charge is 0.367 e. The van der Waals surface area contributed by atoms with Gasteiger partial charge in [0.2, 0.25) is 0 Å². The number of aromatic nitrogens is 2. The van der Waals surface area contributed by atoms with E-state index in [-0.39, 0.29) is 5.56 Å². The van der Waals surface area contributed by atoms with Gasteiger partial charge in [-0.1, -0.05) is 0 Å². The number of H-pyrrole nitrogens is 1. The number of nitrogens with zero attached hydrogens (tertiary/aromatic N) is 1. The van der Waals surface area contributed by atoms with Gasteiger partial charge in [0.25, 0.3) is 5.56 Å². The van der Waals surface area contributed by atoms with Crippen LogP contribution in [0.4, 0.5) is 5.82 Å². The summed E-state index contributed by atoms with van der Waals surface area (Å²) < 4.78 is 0. The van der Waals surface area contributed by atoms with Crippen molar-refractivity contribution in [2.24, 2.45) is 5.92 Å². The van der Waals surface area contributed by atoms with Crippen LogP contribution in [0.1, 0.15) is 19.8 Å². The van der Waals surface area contributed by atoms with Crippen molar-refractivity contribution < 1.29 is 0 Å². The van der Waals surface area contributed by atoms with E-state index in [2.05, 4.69) is 27.5 Å². The van der Waals surface area contributed by atoms with E-state index in [1.165, 1.54) is 25.2 Å². The van der Waals surface area contributed by atoms with E-state index in [1.807, 2.05) is 0 Å². The van der Waals surface area contributed by atoms with E-state index >= 15 is 0 Å². The molecule has 1 aromatic heterocycles. The number of piperidine rings is 1. The summed E-state index contributed by atoms with van der Waals surface area (Å²) in [6, 6.07) is 1.83. The van der Waals surface area contributed by atoms with Gasteiger partial charge in [-0.25, -0.2) is 4.98 Å². The number of rotatable bonds is 3. The first kappa shape index (κ1) is 11.1. The first-order valence-corrected chi connectivity index (χ1v) is 5.77. The van der Waals surface area contributed by atoms with E-state index in [0.29, 0.717) is 17.8 Å². The third-order valence-electron chi connectivity index (χ3n) is 3.10. The highest BCUT2D eigenvalue weighted by atomic mass is 16.1. The van der Waals surface area contributed by atoms with Crippen molar-refractivity contribution >= 4 is 5.82 Å². The average molecular weight is 222 g/mol. The fraction of sp³-hybridized carbons (Fsp3) is 0.636. The normalized spacial score (nSPS) is 22.7. The van der Waals surface area contributed by atoms with Crippen LogP contribution in [0.5, 0.6) is 0 Å². The molecule has 1 saturated heterocycles. The second kappa shape index (κ2) is 5.12. The number of anilines is 1. The molecule has 5 nitrogen and oxygen atoms in total. The zero-order valence-corrected chi connectivity index (χ0v) is 9.49. The van der Waals surface area contributed by atoms with Gasteiger partial charge in [-0.2, -0.15) is 0 Å². The van der Waals surface area contributed by atoms with Crippen molar-refractivity contribution in [1.29, 1.82) is 0 Å². The lowest BCUT2D eigenvalue weighted by atomic mass is 9.93. The molecule has 0 radical (unpaired) electrons. The van der Waals surface area contributed by atoms with E-state index in [9.17, 15) is 4.79 Å². The zero-order chi connectivity index (χ0) is 11.4. The van der Waals surface area contributed by atoms with E-state index < -0.39 is 0 Å². The number of hydrogen-bond acceptors (Lipinski definition) is 4. The average Bonchev–Trinajstić information content (AvgIpc) is 2.30. The van der Waals surface area contributed by atoms with E-state index in [0.717, 1.165) is 13.1 Å². The molecule has 1 aromatic rings. The summed E-state index contributed by atoms with van der Waals surface area (Å²) in [4.78, 5) is 17.7. The summed E-state index contributed by atoms with van der Waals surface area (Å²) >= 11 is 0. The molecule has 2 unspecified atom stereocenters. The van der Waals surface area contributed by atoms with Crippen LogP contribution in [0.15, 0.2) is 17.2 Å². The Morgan fingerprint density at radius 2 is 2.50 bits per heavy atom. The highest BCUT2D eigenvalue weighted by molar-refractivity contribution is 5.33. The molecule has 0 saturated carbocycles. The molecule has 3 N–H and O–H groups in total. The van der Waals surface area contributed by atoms with Gasteiger partial charge < -0.3 is 15.6 Å². The smallest absolute Gasteiger partial charge is 0.252 e. The number of hydrogen-bond donors (Lipinski definition) is 3. The Labute approximate surface area is 94.7 Å². The van der Waals surface area contributed by atoms with Gasteiger partial charge in [0, 0.05) is 12.1 Å². The van der Waals surface area contributed by atoms with Gasteiger partial charge in [0.1, 0.15) is 5.82 Å². The summed E-state index contributed by atoms with van der Waals surface area (Å²) in [5.74, 6) is 1.26. The molecule has 0 spiro atoms. The third kappa shape index (κ3) is 2.82. The van der Waals surface area contributed by atoms with Crippen LogP contribution < -0.4 is 16.2 Å². The summed E-state index contributed by atoms with van der Waals surface area (Å²) in [6.07, 6.45) is 3.88. The Balaban J connectivity index is 1.95. The maximum absolute atomic E-state index is 11.1. The summed E-state index contributed by atoms with van der Waals surface area (Å²) in [5, 5.41) is 6.67. The molecule has 2 rings (SSSR count). The van der Waals surface area contributed by atoms with Crippen LogP contribution in [-0.2, 0) is 0 Å². The standard InChI is InChI=1S/C11H18N4O/c1-8(9-3-2-4-12-6-9)15-10-5-11(16)14-7-13-10/h5,7-9,12H,2-4,6H2,1H3,(H2,13,14,15,16). The van der Waals surface area contributed by atoms with Crippen molar-refractivity contribution in [2.75, 3.05) is 18.4 Å². The molecule has 0 aliphatic carbocycles. The molecule has 0 amide bonds. The van der Waals surface area contributed by atoms with Crippen molar-refractivity contribution in [2.45, 2.75) is 25.8 Å². The lowest BCUT2D eigenvalue weighted by Crippen LogP contribution is -2.39. The minimum Gasteiger partial charge on any atom is -0.367 e. The molecular weight excluding hydrogens is 204 g/mol. The van der Waals surface area contributed by atoms with E-state index in [4.69, 9.17) is 0 Å². The highest BCUT2D eigenvalue weighted by Gasteiger charge is 2.19.